The van der Waals surface area contributed by atoms with Crippen LogP contribution in [0.5, 0.6) is 0 Å². The van der Waals surface area contributed by atoms with Crippen molar-refractivity contribution in [3.05, 3.63) is 41.7 Å². The summed E-state index contributed by atoms with van der Waals surface area (Å²) in [6.45, 7) is 2.10. The van der Waals surface area contributed by atoms with Crippen LogP contribution in [0.4, 0.5) is 4.39 Å². The molecule has 1 aromatic carbocycles. The molecule has 1 amide bonds. The molecule has 2 rings (SSSR count). The summed E-state index contributed by atoms with van der Waals surface area (Å²) in [4.78, 5) is 26.1. The summed E-state index contributed by atoms with van der Waals surface area (Å²) < 4.78 is 13.0. The summed E-state index contributed by atoms with van der Waals surface area (Å²) in [5.74, 6) is -1.35. The summed E-state index contributed by atoms with van der Waals surface area (Å²) in [5, 5.41) is 8.71. The second kappa shape index (κ2) is 6.99. The number of hydrogen-bond donors (Lipinski definition) is 1. The Morgan fingerprint density at radius 3 is 2.57 bits per heavy atom. The van der Waals surface area contributed by atoms with Gasteiger partial charge in [-0.25, -0.2) is 4.39 Å². The fourth-order valence-electron chi connectivity index (χ4n) is 2.20. The summed E-state index contributed by atoms with van der Waals surface area (Å²) in [6, 6.07) is 6.01. The Hall–Kier alpha value is -2.21. The van der Waals surface area contributed by atoms with Crippen LogP contribution in [0.25, 0.3) is 6.08 Å². The minimum atomic E-state index is -0.860. The number of hydrogen-bond acceptors (Lipinski definition) is 3. The Balaban J connectivity index is 1.86. The number of nitrogens with zero attached hydrogens (tertiary/aromatic N) is 2. The molecule has 1 aliphatic heterocycles. The molecule has 112 valence electrons. The van der Waals surface area contributed by atoms with Crippen molar-refractivity contribution < 1.29 is 19.1 Å². The molecule has 1 aliphatic rings. The van der Waals surface area contributed by atoms with Gasteiger partial charge in [-0.1, -0.05) is 12.1 Å². The fourth-order valence-corrected chi connectivity index (χ4v) is 2.20. The molecule has 0 unspecified atom stereocenters. The minimum absolute atomic E-state index is 0.00115. The normalized spacial score (nSPS) is 16.3. The van der Waals surface area contributed by atoms with Crippen LogP contribution < -0.4 is 0 Å². The van der Waals surface area contributed by atoms with Crippen LogP contribution in [-0.2, 0) is 9.59 Å². The van der Waals surface area contributed by atoms with E-state index in [4.69, 9.17) is 5.11 Å². The molecule has 21 heavy (non-hydrogen) atoms. The van der Waals surface area contributed by atoms with Gasteiger partial charge in [0.15, 0.2) is 0 Å². The number of halogens is 1. The Morgan fingerprint density at radius 1 is 1.24 bits per heavy atom. The third-order valence-electron chi connectivity index (χ3n) is 3.31. The SMILES string of the molecule is O=C(O)CN1CCN(C(=O)/C=C/c2cccc(F)c2)CC1. The maximum atomic E-state index is 13.0. The van der Waals surface area contributed by atoms with Crippen LogP contribution in [0.2, 0.25) is 0 Å². The Bertz CT molecular complexity index is 552. The van der Waals surface area contributed by atoms with Gasteiger partial charge in [-0.05, 0) is 23.8 Å². The third kappa shape index (κ3) is 4.68. The Morgan fingerprint density at radius 2 is 1.95 bits per heavy atom. The van der Waals surface area contributed by atoms with E-state index >= 15 is 0 Å². The van der Waals surface area contributed by atoms with Gasteiger partial charge in [0, 0.05) is 32.3 Å². The number of piperazine rings is 1. The van der Waals surface area contributed by atoms with Crippen LogP contribution in [0.3, 0.4) is 0 Å². The van der Waals surface area contributed by atoms with E-state index in [1.807, 2.05) is 0 Å². The van der Waals surface area contributed by atoms with Crippen molar-refractivity contribution in [1.82, 2.24) is 9.80 Å². The number of amides is 1. The smallest absolute Gasteiger partial charge is 0.317 e. The van der Waals surface area contributed by atoms with E-state index < -0.39 is 5.97 Å². The molecule has 1 saturated heterocycles. The van der Waals surface area contributed by atoms with E-state index in [-0.39, 0.29) is 18.3 Å². The van der Waals surface area contributed by atoms with Crippen molar-refractivity contribution in [2.24, 2.45) is 0 Å². The zero-order chi connectivity index (χ0) is 15.2. The first-order valence-electron chi connectivity index (χ1n) is 6.71. The molecule has 0 radical (unpaired) electrons. The number of carbonyl (C=O) groups is 2. The standard InChI is InChI=1S/C15H17FN2O3/c16-13-3-1-2-12(10-13)4-5-14(19)18-8-6-17(7-9-18)11-15(20)21/h1-5,10H,6-9,11H2,(H,20,21)/b5-4+. The largest absolute Gasteiger partial charge is 0.480 e. The number of rotatable bonds is 4. The van der Waals surface area contributed by atoms with Gasteiger partial charge in [0.25, 0.3) is 0 Å². The summed E-state index contributed by atoms with van der Waals surface area (Å²) in [6.07, 6.45) is 3.00. The molecule has 1 fully saturated rings. The van der Waals surface area contributed by atoms with Crippen molar-refractivity contribution in [2.45, 2.75) is 0 Å². The topological polar surface area (TPSA) is 60.9 Å². The Kier molecular flexibility index (Phi) is 5.05. The quantitative estimate of drug-likeness (QED) is 0.843. The van der Waals surface area contributed by atoms with E-state index in [0.717, 1.165) is 0 Å². The van der Waals surface area contributed by atoms with Gasteiger partial charge in [0.2, 0.25) is 5.91 Å². The van der Waals surface area contributed by atoms with Gasteiger partial charge < -0.3 is 10.0 Å². The number of benzene rings is 1. The highest BCUT2D eigenvalue weighted by Gasteiger charge is 2.20. The molecular formula is C15H17FN2O3. The lowest BCUT2D eigenvalue weighted by Gasteiger charge is -2.33. The zero-order valence-corrected chi connectivity index (χ0v) is 11.5. The minimum Gasteiger partial charge on any atom is -0.480 e. The van der Waals surface area contributed by atoms with Crippen molar-refractivity contribution in [3.63, 3.8) is 0 Å². The number of aliphatic carboxylic acids is 1. The average molecular weight is 292 g/mol. The maximum absolute atomic E-state index is 13.0. The van der Waals surface area contributed by atoms with E-state index in [0.29, 0.717) is 31.7 Å². The second-order valence-corrected chi connectivity index (χ2v) is 4.88. The average Bonchev–Trinajstić information content (AvgIpc) is 2.45. The molecule has 6 heteroatoms. The van der Waals surface area contributed by atoms with Crippen molar-refractivity contribution in [1.29, 1.82) is 0 Å². The fraction of sp³-hybridized carbons (Fsp3) is 0.333. The van der Waals surface area contributed by atoms with Crippen molar-refractivity contribution >= 4 is 18.0 Å². The van der Waals surface area contributed by atoms with E-state index in [2.05, 4.69) is 0 Å². The summed E-state index contributed by atoms with van der Waals surface area (Å²) in [5.41, 5.74) is 0.632. The van der Waals surface area contributed by atoms with Crippen molar-refractivity contribution in [3.8, 4) is 0 Å². The number of carbonyl (C=O) groups excluding carboxylic acids is 1. The van der Waals surface area contributed by atoms with Gasteiger partial charge in [-0.2, -0.15) is 0 Å². The van der Waals surface area contributed by atoms with Crippen LogP contribution >= 0.6 is 0 Å². The van der Waals surface area contributed by atoms with E-state index in [1.165, 1.54) is 18.2 Å². The molecule has 5 nitrogen and oxygen atoms in total. The highest BCUT2D eigenvalue weighted by molar-refractivity contribution is 5.91. The van der Waals surface area contributed by atoms with Gasteiger partial charge in [0.1, 0.15) is 5.82 Å². The number of carboxylic acid groups (broad SMARTS) is 1. The molecule has 1 aromatic rings. The number of carboxylic acids is 1. The van der Waals surface area contributed by atoms with Gasteiger partial charge in [-0.15, -0.1) is 0 Å². The van der Waals surface area contributed by atoms with Gasteiger partial charge in [0.05, 0.1) is 6.54 Å². The molecule has 1 heterocycles. The summed E-state index contributed by atoms with van der Waals surface area (Å²) >= 11 is 0. The predicted octanol–water partition coefficient (Wildman–Crippen LogP) is 1.07. The lowest BCUT2D eigenvalue weighted by Crippen LogP contribution is -2.49. The molecule has 0 saturated carbocycles. The zero-order valence-electron chi connectivity index (χ0n) is 11.5. The van der Waals surface area contributed by atoms with E-state index in [9.17, 15) is 14.0 Å². The lowest BCUT2D eigenvalue weighted by atomic mass is 10.2. The monoisotopic (exact) mass is 292 g/mol. The van der Waals surface area contributed by atoms with Crippen LogP contribution in [0, 0.1) is 5.82 Å². The molecule has 0 spiro atoms. The first-order chi connectivity index (χ1) is 10.0. The molecule has 1 N–H and O–H groups in total. The molecule has 0 atom stereocenters. The maximum Gasteiger partial charge on any atom is 0.317 e. The van der Waals surface area contributed by atoms with E-state index in [1.54, 1.807) is 28.0 Å². The molecule has 0 aliphatic carbocycles. The van der Waals surface area contributed by atoms with Gasteiger partial charge in [-0.3, -0.25) is 14.5 Å². The van der Waals surface area contributed by atoms with Crippen LogP contribution in [0.1, 0.15) is 5.56 Å². The Labute approximate surface area is 122 Å². The highest BCUT2D eigenvalue weighted by atomic mass is 19.1. The second-order valence-electron chi connectivity index (χ2n) is 4.88. The highest BCUT2D eigenvalue weighted by Crippen LogP contribution is 2.07. The predicted molar refractivity (Wildman–Crippen MR) is 76.1 cm³/mol. The summed E-state index contributed by atoms with van der Waals surface area (Å²) in [7, 11) is 0. The van der Waals surface area contributed by atoms with Crippen molar-refractivity contribution in [2.75, 3.05) is 32.7 Å². The van der Waals surface area contributed by atoms with Gasteiger partial charge >= 0.3 is 5.97 Å². The first-order valence-corrected chi connectivity index (χ1v) is 6.71. The van der Waals surface area contributed by atoms with Crippen LogP contribution in [-0.4, -0.2) is 59.5 Å². The molecular weight excluding hydrogens is 275 g/mol. The van der Waals surface area contributed by atoms with Crippen LogP contribution in [0.15, 0.2) is 30.3 Å². The lowest BCUT2D eigenvalue weighted by molar-refractivity contribution is -0.139. The molecule has 0 bridgehead atoms. The third-order valence-corrected chi connectivity index (χ3v) is 3.31. The molecule has 0 aromatic heterocycles. The first kappa shape index (κ1) is 15.2.